The quantitative estimate of drug-likeness (QED) is 0.921. The first-order valence-corrected chi connectivity index (χ1v) is 9.21. The summed E-state index contributed by atoms with van der Waals surface area (Å²) in [5, 5.41) is 2.93. The van der Waals surface area contributed by atoms with Crippen molar-refractivity contribution in [2.75, 3.05) is 31.5 Å². The van der Waals surface area contributed by atoms with Gasteiger partial charge in [-0.05, 0) is 30.5 Å². The maximum atomic E-state index is 12.7. The number of amides is 3. The molecular weight excluding hydrogens is 326 g/mol. The largest absolute Gasteiger partial charge is 0.339 e. The molecule has 2 aromatic carbocycles. The Morgan fingerprint density at radius 3 is 2.23 bits per heavy atom. The highest BCUT2D eigenvalue weighted by atomic mass is 16.2. The summed E-state index contributed by atoms with van der Waals surface area (Å²) < 4.78 is 0. The number of anilines is 1. The fourth-order valence-corrected chi connectivity index (χ4v) is 3.64. The third-order valence-corrected chi connectivity index (χ3v) is 5.23. The Labute approximate surface area is 153 Å². The molecule has 0 atom stereocenters. The van der Waals surface area contributed by atoms with Gasteiger partial charge >= 0.3 is 6.03 Å². The van der Waals surface area contributed by atoms with Crippen LogP contribution in [0.1, 0.15) is 34.7 Å². The molecule has 5 heteroatoms. The Balaban J connectivity index is 1.40. The molecule has 3 amide bonds. The first-order valence-electron chi connectivity index (χ1n) is 9.21. The Kier molecular flexibility index (Phi) is 4.61. The molecule has 2 saturated heterocycles. The van der Waals surface area contributed by atoms with E-state index < -0.39 is 0 Å². The summed E-state index contributed by atoms with van der Waals surface area (Å²) in [5.74, 6) is 0.396. The molecule has 0 unspecified atom stereocenters. The number of rotatable bonds is 3. The van der Waals surface area contributed by atoms with Crippen LogP contribution in [0.25, 0.3) is 0 Å². The zero-order valence-corrected chi connectivity index (χ0v) is 14.7. The summed E-state index contributed by atoms with van der Waals surface area (Å²) in [4.78, 5) is 28.9. The molecule has 0 spiro atoms. The lowest BCUT2D eigenvalue weighted by molar-refractivity contribution is 0.0794. The molecule has 0 aromatic heterocycles. The molecule has 26 heavy (non-hydrogen) atoms. The minimum atomic E-state index is -0.140. The van der Waals surface area contributed by atoms with Crippen molar-refractivity contribution in [2.24, 2.45) is 0 Å². The van der Waals surface area contributed by atoms with E-state index in [4.69, 9.17) is 0 Å². The van der Waals surface area contributed by atoms with Gasteiger partial charge in [0.25, 0.3) is 5.91 Å². The van der Waals surface area contributed by atoms with Gasteiger partial charge in [0.2, 0.25) is 0 Å². The Hall–Kier alpha value is -2.82. The van der Waals surface area contributed by atoms with Crippen LogP contribution < -0.4 is 5.32 Å². The van der Waals surface area contributed by atoms with Gasteiger partial charge in [-0.1, -0.05) is 42.5 Å². The van der Waals surface area contributed by atoms with Gasteiger partial charge in [-0.25, -0.2) is 4.79 Å². The van der Waals surface area contributed by atoms with Crippen LogP contribution in [0.5, 0.6) is 0 Å². The van der Waals surface area contributed by atoms with Crippen molar-refractivity contribution < 1.29 is 9.59 Å². The van der Waals surface area contributed by atoms with Crippen molar-refractivity contribution in [3.8, 4) is 0 Å². The van der Waals surface area contributed by atoms with Crippen LogP contribution in [0.15, 0.2) is 54.6 Å². The van der Waals surface area contributed by atoms with Gasteiger partial charge < -0.3 is 15.1 Å². The molecule has 1 N–H and O–H groups in total. The number of carbonyl (C=O) groups is 2. The number of hydrogen-bond donors (Lipinski definition) is 1. The van der Waals surface area contributed by atoms with Gasteiger partial charge in [-0.15, -0.1) is 0 Å². The first-order chi connectivity index (χ1) is 12.7. The SMILES string of the molecule is O=C(Nc1ccccc1C(=O)N1CCCC1)N1CC(c2ccccc2)C1. The molecule has 2 heterocycles. The van der Waals surface area contributed by atoms with Crippen molar-refractivity contribution >= 4 is 17.6 Å². The van der Waals surface area contributed by atoms with Crippen LogP contribution in [0.2, 0.25) is 0 Å². The standard InChI is InChI=1S/C21H23N3O2/c25-20(23-12-6-7-13-23)18-10-4-5-11-19(18)22-21(26)24-14-17(15-24)16-8-2-1-3-9-16/h1-5,8-11,17H,6-7,12-15H2,(H,22,26). The highest BCUT2D eigenvalue weighted by Crippen LogP contribution is 2.28. The molecule has 2 fully saturated rings. The number of hydrogen-bond acceptors (Lipinski definition) is 2. The van der Waals surface area contributed by atoms with Gasteiger partial charge in [0.1, 0.15) is 0 Å². The Morgan fingerprint density at radius 1 is 0.846 bits per heavy atom. The van der Waals surface area contributed by atoms with Gasteiger partial charge in [-0.3, -0.25) is 4.79 Å². The van der Waals surface area contributed by atoms with Crippen LogP contribution >= 0.6 is 0 Å². The van der Waals surface area contributed by atoms with Gasteiger partial charge in [0.05, 0.1) is 11.3 Å². The predicted octanol–water partition coefficient (Wildman–Crippen LogP) is 3.55. The fourth-order valence-electron chi connectivity index (χ4n) is 3.64. The van der Waals surface area contributed by atoms with E-state index in [0.717, 1.165) is 25.9 Å². The number of likely N-dealkylation sites (tertiary alicyclic amines) is 2. The molecule has 2 aliphatic rings. The Bertz CT molecular complexity index is 794. The molecule has 2 aromatic rings. The number of urea groups is 1. The Morgan fingerprint density at radius 2 is 1.50 bits per heavy atom. The normalized spacial score (nSPS) is 17.1. The van der Waals surface area contributed by atoms with Gasteiger partial charge in [0, 0.05) is 32.1 Å². The highest BCUT2D eigenvalue weighted by molar-refractivity contribution is 6.03. The zero-order chi connectivity index (χ0) is 17.9. The fraction of sp³-hybridized carbons (Fsp3) is 0.333. The van der Waals surface area contributed by atoms with E-state index in [1.54, 1.807) is 17.0 Å². The number of nitrogens with one attached hydrogen (secondary N) is 1. The molecular formula is C21H23N3O2. The van der Waals surface area contributed by atoms with Gasteiger partial charge in [-0.2, -0.15) is 0 Å². The summed E-state index contributed by atoms with van der Waals surface area (Å²) in [7, 11) is 0. The molecule has 134 valence electrons. The summed E-state index contributed by atoms with van der Waals surface area (Å²) in [6.45, 7) is 3.01. The molecule has 0 bridgehead atoms. The van der Waals surface area contributed by atoms with E-state index in [1.807, 2.05) is 35.2 Å². The molecule has 4 rings (SSSR count). The van der Waals surface area contributed by atoms with Crippen molar-refractivity contribution in [3.63, 3.8) is 0 Å². The van der Waals surface area contributed by atoms with E-state index >= 15 is 0 Å². The van der Waals surface area contributed by atoms with E-state index in [2.05, 4.69) is 17.4 Å². The molecule has 0 aliphatic carbocycles. The second kappa shape index (κ2) is 7.20. The number of para-hydroxylation sites is 1. The highest BCUT2D eigenvalue weighted by Gasteiger charge is 2.32. The average molecular weight is 349 g/mol. The third kappa shape index (κ3) is 3.29. The van der Waals surface area contributed by atoms with E-state index in [9.17, 15) is 9.59 Å². The summed E-state index contributed by atoms with van der Waals surface area (Å²) >= 11 is 0. The van der Waals surface area contributed by atoms with E-state index in [0.29, 0.717) is 30.3 Å². The van der Waals surface area contributed by atoms with Crippen molar-refractivity contribution in [3.05, 3.63) is 65.7 Å². The van der Waals surface area contributed by atoms with Crippen LogP contribution in [0.4, 0.5) is 10.5 Å². The van der Waals surface area contributed by atoms with Crippen LogP contribution in [0.3, 0.4) is 0 Å². The zero-order valence-electron chi connectivity index (χ0n) is 14.7. The first kappa shape index (κ1) is 16.6. The second-order valence-corrected chi connectivity index (χ2v) is 6.99. The summed E-state index contributed by atoms with van der Waals surface area (Å²) in [6, 6.07) is 17.4. The summed E-state index contributed by atoms with van der Waals surface area (Å²) in [5.41, 5.74) is 2.43. The number of benzene rings is 2. The number of carbonyl (C=O) groups excluding carboxylic acids is 2. The maximum absolute atomic E-state index is 12.7. The van der Waals surface area contributed by atoms with Crippen molar-refractivity contribution in [2.45, 2.75) is 18.8 Å². The lowest BCUT2D eigenvalue weighted by Crippen LogP contribution is -2.50. The molecule has 5 nitrogen and oxygen atoms in total. The minimum Gasteiger partial charge on any atom is -0.339 e. The van der Waals surface area contributed by atoms with E-state index in [1.165, 1.54) is 5.56 Å². The molecule has 0 saturated carbocycles. The lowest BCUT2D eigenvalue weighted by atomic mass is 9.92. The van der Waals surface area contributed by atoms with E-state index in [-0.39, 0.29) is 11.9 Å². The summed E-state index contributed by atoms with van der Waals surface area (Å²) in [6.07, 6.45) is 2.10. The maximum Gasteiger partial charge on any atom is 0.321 e. The monoisotopic (exact) mass is 349 g/mol. The topological polar surface area (TPSA) is 52.7 Å². The minimum absolute atomic E-state index is 0.00386. The van der Waals surface area contributed by atoms with Crippen LogP contribution in [-0.4, -0.2) is 47.9 Å². The number of nitrogens with zero attached hydrogens (tertiary/aromatic N) is 2. The predicted molar refractivity (Wildman–Crippen MR) is 101 cm³/mol. The van der Waals surface area contributed by atoms with Crippen LogP contribution in [0, 0.1) is 0 Å². The van der Waals surface area contributed by atoms with Gasteiger partial charge in [0.15, 0.2) is 0 Å². The molecule has 0 radical (unpaired) electrons. The second-order valence-electron chi connectivity index (χ2n) is 6.99. The average Bonchev–Trinajstić information content (AvgIpc) is 3.16. The van der Waals surface area contributed by atoms with Crippen LogP contribution in [-0.2, 0) is 0 Å². The van der Waals surface area contributed by atoms with Crippen molar-refractivity contribution in [1.29, 1.82) is 0 Å². The lowest BCUT2D eigenvalue weighted by Gasteiger charge is -2.39. The smallest absolute Gasteiger partial charge is 0.321 e. The van der Waals surface area contributed by atoms with Crippen molar-refractivity contribution in [1.82, 2.24) is 9.80 Å². The third-order valence-electron chi connectivity index (χ3n) is 5.23. The molecule has 2 aliphatic heterocycles.